The van der Waals surface area contributed by atoms with Crippen molar-refractivity contribution in [1.29, 1.82) is 0 Å². The molecule has 3 rings (SSSR count). The van der Waals surface area contributed by atoms with E-state index in [1.54, 1.807) is 17.5 Å². The second-order valence-corrected chi connectivity index (χ2v) is 6.85. The third-order valence-electron chi connectivity index (χ3n) is 3.92. The molecule has 146 valence electrons. The van der Waals surface area contributed by atoms with Crippen LogP contribution in [-0.2, 0) is 17.4 Å². The number of nitrogens with one attached hydrogen (secondary N) is 1. The van der Waals surface area contributed by atoms with Crippen LogP contribution in [0, 0.1) is 0 Å². The fourth-order valence-corrected chi connectivity index (χ4v) is 3.52. The Hall–Kier alpha value is -3.21. The van der Waals surface area contributed by atoms with Gasteiger partial charge in [-0.05, 0) is 23.1 Å². The lowest BCUT2D eigenvalue weighted by Gasteiger charge is -2.09. The highest BCUT2D eigenvalue weighted by molar-refractivity contribution is 7.15. The maximum atomic E-state index is 12.9. The van der Waals surface area contributed by atoms with Gasteiger partial charge >= 0.3 is 6.18 Å². The number of nitrogens with zero attached hydrogens (tertiary/aromatic N) is 3. The van der Waals surface area contributed by atoms with Crippen LogP contribution in [-0.4, -0.2) is 31.3 Å². The van der Waals surface area contributed by atoms with Crippen LogP contribution in [0.4, 0.5) is 18.2 Å². The lowest BCUT2D eigenvalue weighted by Crippen LogP contribution is -2.24. The zero-order valence-corrected chi connectivity index (χ0v) is 15.6. The first-order valence-electron chi connectivity index (χ1n) is 8.12. The monoisotopic (exact) mass is 415 g/mol. The zero-order valence-electron chi connectivity index (χ0n) is 14.8. The number of hydrogen-bond donors (Lipinski definition) is 2. The second-order valence-electron chi connectivity index (χ2n) is 5.97. The van der Waals surface area contributed by atoms with Gasteiger partial charge in [0.1, 0.15) is 18.5 Å². The highest BCUT2D eigenvalue weighted by Crippen LogP contribution is 2.29. The largest absolute Gasteiger partial charge is 0.433 e. The van der Waals surface area contributed by atoms with E-state index in [4.69, 9.17) is 13.6 Å². The predicted molar refractivity (Wildman–Crippen MR) is 109 cm³/mol. The van der Waals surface area contributed by atoms with E-state index in [2.05, 4.69) is 27.2 Å². The second kappa shape index (κ2) is 8.04. The summed E-state index contributed by atoms with van der Waals surface area (Å²) in [5.74, 6) is -0.401. The number of hydrogen-bond acceptors (Lipinski definition) is 5. The topological polar surface area (TPSA) is 92.7 Å². The molecule has 0 aliphatic heterocycles. The van der Waals surface area contributed by atoms with Gasteiger partial charge in [-0.15, -0.1) is 16.4 Å². The van der Waals surface area contributed by atoms with Crippen molar-refractivity contribution < 1.29 is 18.0 Å². The molecule has 2 heterocycles. The Morgan fingerprint density at radius 2 is 2.03 bits per heavy atom. The number of nitrogens with two attached hydrogens (primary N) is 1. The summed E-state index contributed by atoms with van der Waals surface area (Å²) in [6, 6.07) is 6.97. The molecule has 3 N–H and O–H groups in total. The van der Waals surface area contributed by atoms with Crippen molar-refractivity contribution in [2.24, 2.45) is 15.9 Å². The van der Waals surface area contributed by atoms with Crippen LogP contribution in [0.25, 0.3) is 10.9 Å². The molecule has 0 aliphatic carbocycles. The Balaban J connectivity index is 1.82. The smallest absolute Gasteiger partial charge is 0.382 e. The number of benzene rings is 1. The molecule has 0 saturated heterocycles. The summed E-state index contributed by atoms with van der Waals surface area (Å²) in [7, 11) is 5.85. The van der Waals surface area contributed by atoms with E-state index in [0.717, 1.165) is 17.4 Å². The standard InChI is InChI=1S/C18H13BF3N5OS/c1-24-27-16(23)15-11(19)8-29-17(15)26-14(28)7-9-2-3-10-4-5-13(18(20,21)22)25-12(10)6-9/h2-6,8H,1,7H2,(H2,23,27)(H,26,28). The number of amides is 1. The molecule has 0 unspecified atom stereocenters. The van der Waals surface area contributed by atoms with Crippen molar-refractivity contribution in [3.8, 4) is 0 Å². The van der Waals surface area contributed by atoms with Crippen molar-refractivity contribution in [3.05, 3.63) is 52.5 Å². The highest BCUT2D eigenvalue weighted by Gasteiger charge is 2.32. The SMILES string of the molecule is [B]c1csc(NC(=O)Cc2ccc3ccc(C(F)(F)F)nc3c2)c1/C(N)=N/N=C. The molecule has 1 aromatic carbocycles. The number of carbonyl (C=O) groups is 1. The number of anilines is 1. The van der Waals surface area contributed by atoms with Gasteiger partial charge in [-0.1, -0.05) is 23.7 Å². The van der Waals surface area contributed by atoms with Crippen LogP contribution in [0.1, 0.15) is 16.8 Å². The molecule has 2 aromatic heterocycles. The average Bonchev–Trinajstić information content (AvgIpc) is 3.00. The highest BCUT2D eigenvalue weighted by atomic mass is 32.1. The molecule has 3 aromatic rings. The third kappa shape index (κ3) is 4.62. The molecule has 29 heavy (non-hydrogen) atoms. The zero-order chi connectivity index (χ0) is 21.2. The van der Waals surface area contributed by atoms with Crippen LogP contribution in [0.15, 0.2) is 45.9 Å². The lowest BCUT2D eigenvalue weighted by molar-refractivity contribution is -0.141. The van der Waals surface area contributed by atoms with Crippen molar-refractivity contribution in [3.63, 3.8) is 0 Å². The molecule has 0 atom stereocenters. The fourth-order valence-electron chi connectivity index (χ4n) is 2.64. The summed E-state index contributed by atoms with van der Waals surface area (Å²) in [6.45, 7) is 3.21. The molecule has 0 saturated carbocycles. The molecule has 0 aliphatic rings. The number of pyridine rings is 1. The number of thiophene rings is 1. The van der Waals surface area contributed by atoms with Gasteiger partial charge in [0.15, 0.2) is 5.84 Å². The minimum Gasteiger partial charge on any atom is -0.382 e. The van der Waals surface area contributed by atoms with Crippen molar-refractivity contribution >= 4 is 59.0 Å². The van der Waals surface area contributed by atoms with Gasteiger partial charge in [0.2, 0.25) is 5.91 Å². The van der Waals surface area contributed by atoms with E-state index < -0.39 is 17.8 Å². The number of fused-ring (bicyclic) bond motifs is 1. The number of alkyl halides is 3. The first-order chi connectivity index (χ1) is 13.7. The summed E-state index contributed by atoms with van der Waals surface area (Å²) >= 11 is 1.16. The number of rotatable bonds is 5. The molecule has 0 fully saturated rings. The molecular weight excluding hydrogens is 402 g/mol. The number of halogens is 3. The van der Waals surface area contributed by atoms with Crippen molar-refractivity contribution in [2.75, 3.05) is 5.32 Å². The Bertz CT molecular complexity index is 1130. The van der Waals surface area contributed by atoms with Crippen LogP contribution >= 0.6 is 11.3 Å². The molecule has 0 spiro atoms. The Labute approximate surface area is 168 Å². The van der Waals surface area contributed by atoms with E-state index in [0.29, 0.717) is 27.0 Å². The molecule has 11 heteroatoms. The van der Waals surface area contributed by atoms with Gasteiger partial charge < -0.3 is 11.1 Å². The minimum atomic E-state index is -4.54. The van der Waals surface area contributed by atoms with Gasteiger partial charge in [-0.25, -0.2) is 4.98 Å². The van der Waals surface area contributed by atoms with Crippen molar-refractivity contribution in [1.82, 2.24) is 4.98 Å². The van der Waals surface area contributed by atoms with Crippen LogP contribution < -0.4 is 16.5 Å². The first kappa shape index (κ1) is 20.5. The maximum Gasteiger partial charge on any atom is 0.433 e. The van der Waals surface area contributed by atoms with E-state index in [9.17, 15) is 18.0 Å². The van der Waals surface area contributed by atoms with Gasteiger partial charge in [-0.2, -0.15) is 18.3 Å². The van der Waals surface area contributed by atoms with Crippen LogP contribution in [0.5, 0.6) is 0 Å². The Morgan fingerprint density at radius 1 is 1.31 bits per heavy atom. The molecule has 2 radical (unpaired) electrons. The molecular formula is C18H13BF3N5OS. The molecule has 6 nitrogen and oxygen atoms in total. The summed E-state index contributed by atoms with van der Waals surface area (Å²) in [6.07, 6.45) is -4.62. The van der Waals surface area contributed by atoms with E-state index in [-0.39, 0.29) is 17.8 Å². The van der Waals surface area contributed by atoms with Crippen molar-refractivity contribution in [2.45, 2.75) is 12.6 Å². The summed E-state index contributed by atoms with van der Waals surface area (Å²) in [5, 5.41) is 12.2. The number of aromatic nitrogens is 1. The van der Waals surface area contributed by atoms with Crippen LogP contribution in [0.3, 0.4) is 0 Å². The maximum absolute atomic E-state index is 12.9. The van der Waals surface area contributed by atoms with E-state index >= 15 is 0 Å². The lowest BCUT2D eigenvalue weighted by atomic mass is 9.94. The molecule has 0 bridgehead atoms. The summed E-state index contributed by atoms with van der Waals surface area (Å²) in [5.41, 5.74) is 6.11. The normalized spacial score (nSPS) is 12.2. The van der Waals surface area contributed by atoms with Gasteiger partial charge in [0, 0.05) is 17.7 Å². The number of amidine groups is 1. The fraction of sp³-hybridized carbons (Fsp3) is 0.111. The first-order valence-corrected chi connectivity index (χ1v) is 9.00. The Kier molecular flexibility index (Phi) is 5.69. The minimum absolute atomic E-state index is 0.00337. The summed E-state index contributed by atoms with van der Waals surface area (Å²) in [4.78, 5) is 16.1. The predicted octanol–water partition coefficient (Wildman–Crippen LogP) is 2.61. The quantitative estimate of drug-likeness (QED) is 0.291. The average molecular weight is 415 g/mol. The van der Waals surface area contributed by atoms with Gasteiger partial charge in [0.25, 0.3) is 0 Å². The van der Waals surface area contributed by atoms with E-state index in [1.165, 1.54) is 12.1 Å². The third-order valence-corrected chi connectivity index (χ3v) is 4.83. The summed E-state index contributed by atoms with van der Waals surface area (Å²) < 4.78 is 38.6. The van der Waals surface area contributed by atoms with Gasteiger partial charge in [0.05, 0.1) is 11.9 Å². The van der Waals surface area contributed by atoms with Gasteiger partial charge in [-0.3, -0.25) is 4.79 Å². The number of carbonyl (C=O) groups excluding carboxylic acids is 1. The Morgan fingerprint density at radius 3 is 2.72 bits per heavy atom. The molecule has 1 amide bonds. The van der Waals surface area contributed by atoms with Crippen LogP contribution in [0.2, 0.25) is 0 Å². The van der Waals surface area contributed by atoms with E-state index in [1.807, 2.05) is 0 Å².